The van der Waals surface area contributed by atoms with Crippen LogP contribution in [0.3, 0.4) is 0 Å². The average Bonchev–Trinajstić information content (AvgIpc) is 2.90. The fourth-order valence-corrected chi connectivity index (χ4v) is 6.39. The van der Waals surface area contributed by atoms with Crippen molar-refractivity contribution in [1.82, 2.24) is 4.90 Å². The summed E-state index contributed by atoms with van der Waals surface area (Å²) < 4.78 is 19.7. The molecule has 4 atom stereocenters. The largest absolute Gasteiger partial charge is 0.365 e. The van der Waals surface area contributed by atoms with Gasteiger partial charge in [0.2, 0.25) is 0 Å². The molecule has 2 bridgehead atoms. The molecule has 4 unspecified atom stereocenters. The van der Waals surface area contributed by atoms with Crippen LogP contribution >= 0.6 is 22.6 Å². The molecule has 5 heteroatoms. The van der Waals surface area contributed by atoms with E-state index in [2.05, 4.69) is 58.8 Å². The molecule has 0 amide bonds. The molecule has 3 aliphatic rings. The van der Waals surface area contributed by atoms with Gasteiger partial charge in [-0.1, -0.05) is 65.1 Å². The molecule has 28 heavy (non-hydrogen) atoms. The minimum atomic E-state index is -1.02. The van der Waals surface area contributed by atoms with Gasteiger partial charge >= 0.3 is 0 Å². The fraction of sp³-hybridized carbons (Fsp3) is 0.478. The lowest BCUT2D eigenvalue weighted by Crippen LogP contribution is -2.43. The zero-order valence-electron chi connectivity index (χ0n) is 16.5. The summed E-state index contributed by atoms with van der Waals surface area (Å²) in [6.45, 7) is 0. The number of benzene rings is 2. The Morgan fingerprint density at radius 2 is 1.57 bits per heavy atom. The van der Waals surface area contributed by atoms with Crippen molar-refractivity contribution in [2.24, 2.45) is 0 Å². The van der Waals surface area contributed by atoms with Gasteiger partial charge in [-0.15, -0.1) is 0 Å². The van der Waals surface area contributed by atoms with Crippen molar-refractivity contribution in [3.8, 4) is 0 Å². The number of fused-ring (bicyclic) bond motifs is 4. The number of rotatable bonds is 2. The molecular weight excluding hydrogens is 481 g/mol. The van der Waals surface area contributed by atoms with E-state index in [0.717, 1.165) is 28.9 Å². The monoisotopic (exact) mass is 509 g/mol. The maximum absolute atomic E-state index is 12.9. The highest BCUT2D eigenvalue weighted by molar-refractivity contribution is 14.1. The second-order valence-electron chi connectivity index (χ2n) is 7.89. The smallest absolute Gasteiger partial charge is 0.109 e. The highest BCUT2D eigenvalue weighted by Gasteiger charge is 2.40. The molecule has 150 valence electrons. The topological polar surface area (TPSA) is 29.5 Å². The van der Waals surface area contributed by atoms with Gasteiger partial charge in [0.05, 0.1) is 22.7 Å². The van der Waals surface area contributed by atoms with E-state index in [0.29, 0.717) is 17.8 Å². The minimum Gasteiger partial charge on any atom is -0.365 e. The van der Waals surface area contributed by atoms with E-state index >= 15 is 0 Å². The van der Waals surface area contributed by atoms with Crippen LogP contribution in [0, 0.1) is 0 Å². The summed E-state index contributed by atoms with van der Waals surface area (Å²) in [6.07, 6.45) is 4.97. The molecule has 3 aliphatic heterocycles. The molecule has 2 saturated heterocycles. The van der Waals surface area contributed by atoms with Gasteiger partial charge in [0.15, 0.2) is 0 Å². The van der Waals surface area contributed by atoms with Crippen LogP contribution in [0.25, 0.3) is 0 Å². The lowest BCUT2D eigenvalue weighted by atomic mass is 9.95. The van der Waals surface area contributed by atoms with Crippen LogP contribution in [-0.2, 0) is 21.3 Å². The predicted molar refractivity (Wildman–Crippen MR) is 123 cm³/mol. The van der Waals surface area contributed by atoms with Crippen molar-refractivity contribution in [1.29, 1.82) is 0 Å². The number of ether oxygens (including phenoxy) is 1. The summed E-state index contributed by atoms with van der Waals surface area (Å²) in [5, 5.41) is 0. The molecule has 0 saturated carbocycles. The Morgan fingerprint density at radius 1 is 0.964 bits per heavy atom. The van der Waals surface area contributed by atoms with Crippen molar-refractivity contribution in [3.05, 3.63) is 65.2 Å². The highest BCUT2D eigenvalue weighted by atomic mass is 127. The molecule has 0 radical (unpaired) electrons. The molecule has 5 rings (SSSR count). The van der Waals surface area contributed by atoms with Gasteiger partial charge in [-0.3, -0.25) is 4.21 Å². The molecule has 0 spiro atoms. The van der Waals surface area contributed by atoms with Crippen LogP contribution in [0.5, 0.6) is 0 Å². The first kappa shape index (κ1) is 20.5. The normalized spacial score (nSPS) is 31.2. The van der Waals surface area contributed by atoms with E-state index in [1.807, 2.05) is 29.2 Å². The molecule has 2 fully saturated rings. The van der Waals surface area contributed by atoms with Gasteiger partial charge < -0.3 is 9.64 Å². The number of hydrogen-bond acceptors (Lipinski definition) is 3. The summed E-state index contributed by atoms with van der Waals surface area (Å²) >= 11 is 2.15. The second kappa shape index (κ2) is 8.94. The Labute approximate surface area is 184 Å². The second-order valence-corrected chi connectivity index (χ2v) is 9.31. The van der Waals surface area contributed by atoms with Crippen molar-refractivity contribution >= 4 is 33.4 Å². The van der Waals surface area contributed by atoms with E-state index < -0.39 is 10.8 Å². The van der Waals surface area contributed by atoms with Crippen LogP contribution in [0.4, 0.5) is 0 Å². The third-order valence-electron chi connectivity index (χ3n) is 6.45. The van der Waals surface area contributed by atoms with Crippen molar-refractivity contribution in [2.45, 2.75) is 60.6 Å². The van der Waals surface area contributed by atoms with Crippen molar-refractivity contribution in [3.63, 3.8) is 0 Å². The van der Waals surface area contributed by atoms with Gasteiger partial charge in [-0.2, -0.15) is 0 Å². The van der Waals surface area contributed by atoms with Gasteiger partial charge in [0, 0.05) is 22.5 Å². The quantitative estimate of drug-likeness (QED) is 0.417. The van der Waals surface area contributed by atoms with Crippen molar-refractivity contribution in [2.75, 3.05) is 12.0 Å². The zero-order chi connectivity index (χ0) is 19.7. The first-order chi connectivity index (χ1) is 13.7. The molecule has 2 aromatic rings. The van der Waals surface area contributed by atoms with E-state index in [9.17, 15) is 4.21 Å². The number of piperidine rings is 1. The number of halogens is 1. The molecule has 2 aromatic carbocycles. The van der Waals surface area contributed by atoms with E-state index in [-0.39, 0.29) is 12.2 Å². The number of hydrogen-bond donors (Lipinski definition) is 0. The summed E-state index contributed by atoms with van der Waals surface area (Å²) in [7, 11) is 1.25. The summed E-state index contributed by atoms with van der Waals surface area (Å²) in [4.78, 5) is 5.45. The molecule has 0 aromatic heterocycles. The number of alkyl halides is 1. The lowest BCUT2D eigenvalue weighted by Gasteiger charge is -2.38. The summed E-state index contributed by atoms with van der Waals surface area (Å²) in [6, 6.07) is 17.8. The van der Waals surface area contributed by atoms with Crippen molar-refractivity contribution < 1.29 is 8.95 Å². The Hall–Kier alpha value is -0.760. The maximum Gasteiger partial charge on any atom is 0.109 e. The Morgan fingerprint density at radius 3 is 2.29 bits per heavy atom. The molecular formula is C23H28INO2S. The minimum absolute atomic E-state index is 0.110. The molecule has 0 N–H and O–H groups in total. The van der Waals surface area contributed by atoms with Gasteiger partial charge in [0.25, 0.3) is 0 Å². The highest BCUT2D eigenvalue weighted by Crippen LogP contribution is 2.42. The van der Waals surface area contributed by atoms with Crippen LogP contribution in [0.1, 0.15) is 48.5 Å². The average molecular weight is 509 g/mol. The fourth-order valence-electron chi connectivity index (χ4n) is 5.02. The van der Waals surface area contributed by atoms with Gasteiger partial charge in [0.1, 0.15) is 6.10 Å². The molecule has 0 aliphatic carbocycles. The van der Waals surface area contributed by atoms with Gasteiger partial charge in [-0.05, 0) is 54.9 Å². The lowest BCUT2D eigenvalue weighted by molar-refractivity contribution is -0.0435. The van der Waals surface area contributed by atoms with Crippen LogP contribution < -0.4 is 0 Å². The molecule has 3 nitrogen and oxygen atoms in total. The summed E-state index contributed by atoms with van der Waals surface area (Å²) in [5.74, 6) is 0.575. The zero-order valence-corrected chi connectivity index (χ0v) is 19.5. The third kappa shape index (κ3) is 3.83. The predicted octanol–water partition coefficient (Wildman–Crippen LogP) is 5.09. The number of nitrogens with zero attached hydrogens (tertiary/aromatic N) is 1. The van der Waals surface area contributed by atoms with E-state index in [4.69, 9.17) is 4.74 Å². The molecule has 3 heterocycles. The summed E-state index contributed by atoms with van der Waals surface area (Å²) in [5.41, 5.74) is 3.43. The third-order valence-corrected chi connectivity index (χ3v) is 7.89. The first-order valence-electron chi connectivity index (χ1n) is 10.0. The SMILES string of the molecule is CI.CN1C2CCC1CC(OC1c3ccccc3CS(=O)c3ccccc31)C2. The Kier molecular flexibility index (Phi) is 6.55. The Bertz CT molecular complexity index is 844. The van der Waals surface area contributed by atoms with Crippen LogP contribution in [0.15, 0.2) is 53.4 Å². The van der Waals surface area contributed by atoms with Gasteiger partial charge in [-0.25, -0.2) is 0 Å². The van der Waals surface area contributed by atoms with E-state index in [1.54, 1.807) is 0 Å². The standard InChI is InChI=1S/C22H25NO2S.CH3I/c1-23-16-10-11-17(23)13-18(12-16)25-22-19-7-3-2-6-15(19)14-26(24)21-9-5-4-8-20(21)22;1-2/h2-9,16-18,22H,10-14H2,1H3;1H3. The van der Waals surface area contributed by atoms with Crippen LogP contribution in [-0.4, -0.2) is 39.3 Å². The maximum atomic E-state index is 12.9. The Balaban J connectivity index is 0.000000932. The first-order valence-corrected chi connectivity index (χ1v) is 13.5. The van der Waals surface area contributed by atoms with Crippen LogP contribution in [0.2, 0.25) is 0 Å². The van der Waals surface area contributed by atoms with E-state index in [1.165, 1.54) is 18.4 Å².